The van der Waals surface area contributed by atoms with Crippen LogP contribution in [0.2, 0.25) is 0 Å². The fourth-order valence-electron chi connectivity index (χ4n) is 2.56. The van der Waals surface area contributed by atoms with E-state index in [0.29, 0.717) is 5.92 Å². The Morgan fingerprint density at radius 1 is 1.39 bits per heavy atom. The highest BCUT2D eigenvalue weighted by Crippen LogP contribution is 2.37. The molecule has 0 saturated heterocycles. The topological polar surface area (TPSA) is 32.3 Å². The Labute approximate surface area is 109 Å². The first-order valence-corrected chi connectivity index (χ1v) is 6.51. The Kier molecular flexibility index (Phi) is 3.09. The van der Waals surface area contributed by atoms with E-state index in [4.69, 9.17) is 0 Å². The molecule has 0 aliphatic carbocycles. The smallest absolute Gasteiger partial charge is 0.224 e. The van der Waals surface area contributed by atoms with Crippen molar-refractivity contribution in [3.8, 4) is 0 Å². The molecule has 18 heavy (non-hydrogen) atoms. The van der Waals surface area contributed by atoms with Crippen molar-refractivity contribution in [2.45, 2.75) is 46.1 Å². The Hall–Kier alpha value is -1.51. The minimum atomic E-state index is -0.182. The Morgan fingerprint density at radius 2 is 2.06 bits per heavy atom. The van der Waals surface area contributed by atoms with Crippen LogP contribution in [0.1, 0.15) is 46.1 Å². The van der Waals surface area contributed by atoms with Gasteiger partial charge in [-0.25, -0.2) is 0 Å². The van der Waals surface area contributed by atoms with E-state index in [1.54, 1.807) is 6.92 Å². The number of benzene rings is 1. The van der Waals surface area contributed by atoms with Gasteiger partial charge in [-0.3, -0.25) is 4.79 Å². The summed E-state index contributed by atoms with van der Waals surface area (Å²) in [6.45, 7) is 10.9. The maximum absolute atomic E-state index is 11.9. The third-order valence-corrected chi connectivity index (χ3v) is 3.56. The second-order valence-corrected chi connectivity index (χ2v) is 5.95. The quantitative estimate of drug-likeness (QED) is 0.824. The summed E-state index contributed by atoms with van der Waals surface area (Å²) in [5, 5.41) is 3.44. The molecule has 0 spiro atoms. The molecule has 0 bridgehead atoms. The molecule has 0 unspecified atom stereocenters. The number of anilines is 2. The lowest BCUT2D eigenvalue weighted by Crippen LogP contribution is -2.54. The summed E-state index contributed by atoms with van der Waals surface area (Å²) in [6.07, 6.45) is 0. The minimum absolute atomic E-state index is 0.0973. The van der Waals surface area contributed by atoms with E-state index in [-0.39, 0.29) is 11.4 Å². The van der Waals surface area contributed by atoms with Crippen molar-refractivity contribution in [2.24, 2.45) is 0 Å². The van der Waals surface area contributed by atoms with E-state index in [2.05, 4.69) is 51.2 Å². The highest BCUT2D eigenvalue weighted by atomic mass is 16.2. The minimum Gasteiger partial charge on any atom is -0.381 e. The van der Waals surface area contributed by atoms with Crippen LogP contribution in [-0.4, -0.2) is 18.0 Å². The molecule has 0 saturated carbocycles. The van der Waals surface area contributed by atoms with Crippen LogP contribution in [-0.2, 0) is 4.79 Å². The van der Waals surface area contributed by atoms with Gasteiger partial charge in [-0.1, -0.05) is 19.9 Å². The van der Waals surface area contributed by atoms with Gasteiger partial charge >= 0.3 is 0 Å². The van der Waals surface area contributed by atoms with E-state index in [1.807, 2.05) is 4.90 Å². The van der Waals surface area contributed by atoms with Gasteiger partial charge in [-0.05, 0) is 37.5 Å². The summed E-state index contributed by atoms with van der Waals surface area (Å²) in [5.41, 5.74) is 3.17. The first-order chi connectivity index (χ1) is 8.33. The number of fused-ring (bicyclic) bond motifs is 1. The SMILES string of the molecule is CC(=O)N1c2ccc(C(C)C)cc2NCC1(C)C. The van der Waals surface area contributed by atoms with Crippen LogP contribution >= 0.6 is 0 Å². The van der Waals surface area contributed by atoms with Crippen molar-refractivity contribution in [2.75, 3.05) is 16.8 Å². The van der Waals surface area contributed by atoms with Crippen molar-refractivity contribution in [3.05, 3.63) is 23.8 Å². The lowest BCUT2D eigenvalue weighted by Gasteiger charge is -2.43. The molecule has 3 nitrogen and oxygen atoms in total. The van der Waals surface area contributed by atoms with Crippen LogP contribution in [0, 0.1) is 0 Å². The maximum Gasteiger partial charge on any atom is 0.224 e. The maximum atomic E-state index is 11.9. The molecule has 1 N–H and O–H groups in total. The molecule has 1 aliphatic rings. The van der Waals surface area contributed by atoms with Gasteiger partial charge in [-0.15, -0.1) is 0 Å². The standard InChI is InChI=1S/C15H22N2O/c1-10(2)12-6-7-14-13(8-12)16-9-15(4,5)17(14)11(3)18/h6-8,10,16H,9H2,1-5H3. The molecule has 1 aromatic carbocycles. The second-order valence-electron chi connectivity index (χ2n) is 5.95. The molecule has 0 radical (unpaired) electrons. The van der Waals surface area contributed by atoms with Gasteiger partial charge in [0.05, 0.1) is 16.9 Å². The largest absolute Gasteiger partial charge is 0.381 e. The fourth-order valence-corrected chi connectivity index (χ4v) is 2.56. The molecule has 3 heteroatoms. The zero-order valence-corrected chi connectivity index (χ0v) is 11.9. The predicted octanol–water partition coefficient (Wildman–Crippen LogP) is 3.37. The highest BCUT2D eigenvalue weighted by Gasteiger charge is 2.35. The number of nitrogens with one attached hydrogen (secondary N) is 1. The Bertz CT molecular complexity index is 477. The van der Waals surface area contributed by atoms with Crippen LogP contribution < -0.4 is 10.2 Å². The first kappa shape index (κ1) is 12.9. The Balaban J connectivity index is 2.50. The van der Waals surface area contributed by atoms with Gasteiger partial charge in [0.15, 0.2) is 0 Å². The van der Waals surface area contributed by atoms with Crippen LogP contribution in [0.3, 0.4) is 0 Å². The summed E-state index contributed by atoms with van der Waals surface area (Å²) in [7, 11) is 0. The summed E-state index contributed by atoms with van der Waals surface area (Å²) >= 11 is 0. The molecular weight excluding hydrogens is 224 g/mol. The number of amides is 1. The average Bonchev–Trinajstić information content (AvgIpc) is 2.26. The molecular formula is C15H22N2O. The zero-order chi connectivity index (χ0) is 13.5. The Morgan fingerprint density at radius 3 is 2.61 bits per heavy atom. The summed E-state index contributed by atoms with van der Waals surface area (Å²) in [4.78, 5) is 13.8. The van der Waals surface area contributed by atoms with Gasteiger partial charge in [0, 0.05) is 13.5 Å². The van der Waals surface area contributed by atoms with Crippen molar-refractivity contribution in [1.82, 2.24) is 0 Å². The molecule has 0 atom stereocenters. The molecule has 0 aromatic heterocycles. The zero-order valence-electron chi connectivity index (χ0n) is 11.9. The highest BCUT2D eigenvalue weighted by molar-refractivity contribution is 5.97. The molecule has 2 rings (SSSR count). The number of carbonyl (C=O) groups excluding carboxylic acids is 1. The number of hydrogen-bond acceptors (Lipinski definition) is 2. The second kappa shape index (κ2) is 4.30. The molecule has 98 valence electrons. The molecule has 1 aliphatic heterocycles. The van der Waals surface area contributed by atoms with Gasteiger partial charge in [0.1, 0.15) is 0 Å². The third-order valence-electron chi connectivity index (χ3n) is 3.56. The molecule has 1 heterocycles. The van der Waals surface area contributed by atoms with Crippen molar-refractivity contribution in [3.63, 3.8) is 0 Å². The van der Waals surface area contributed by atoms with Crippen LogP contribution in [0.25, 0.3) is 0 Å². The van der Waals surface area contributed by atoms with Crippen LogP contribution in [0.5, 0.6) is 0 Å². The number of hydrogen-bond donors (Lipinski definition) is 1. The molecule has 1 amide bonds. The fraction of sp³-hybridized carbons (Fsp3) is 0.533. The van der Waals surface area contributed by atoms with E-state index in [1.165, 1.54) is 5.56 Å². The summed E-state index contributed by atoms with van der Waals surface area (Å²) in [6, 6.07) is 6.33. The monoisotopic (exact) mass is 246 g/mol. The first-order valence-electron chi connectivity index (χ1n) is 6.51. The lowest BCUT2D eigenvalue weighted by molar-refractivity contribution is -0.117. The van der Waals surface area contributed by atoms with E-state index >= 15 is 0 Å². The van der Waals surface area contributed by atoms with Crippen LogP contribution in [0.15, 0.2) is 18.2 Å². The van der Waals surface area contributed by atoms with E-state index < -0.39 is 0 Å². The van der Waals surface area contributed by atoms with Gasteiger partial charge < -0.3 is 10.2 Å². The number of nitrogens with zero attached hydrogens (tertiary/aromatic N) is 1. The van der Waals surface area contributed by atoms with E-state index in [9.17, 15) is 4.79 Å². The summed E-state index contributed by atoms with van der Waals surface area (Å²) in [5.74, 6) is 0.595. The van der Waals surface area contributed by atoms with Crippen molar-refractivity contribution in [1.29, 1.82) is 0 Å². The van der Waals surface area contributed by atoms with Crippen LogP contribution in [0.4, 0.5) is 11.4 Å². The molecule has 1 aromatic rings. The average molecular weight is 246 g/mol. The number of rotatable bonds is 1. The lowest BCUT2D eigenvalue weighted by atomic mass is 9.95. The van der Waals surface area contributed by atoms with Gasteiger partial charge in [-0.2, -0.15) is 0 Å². The van der Waals surface area contributed by atoms with Gasteiger partial charge in [0.2, 0.25) is 5.91 Å². The van der Waals surface area contributed by atoms with E-state index in [0.717, 1.165) is 17.9 Å². The van der Waals surface area contributed by atoms with Crippen molar-refractivity contribution < 1.29 is 4.79 Å². The van der Waals surface area contributed by atoms with Crippen molar-refractivity contribution >= 4 is 17.3 Å². The third kappa shape index (κ3) is 2.09. The number of carbonyl (C=O) groups is 1. The normalized spacial score (nSPS) is 17.3. The summed E-state index contributed by atoms with van der Waals surface area (Å²) < 4.78 is 0. The van der Waals surface area contributed by atoms with Gasteiger partial charge in [0.25, 0.3) is 0 Å². The molecule has 0 fully saturated rings. The predicted molar refractivity (Wildman–Crippen MR) is 76.3 cm³/mol.